The van der Waals surface area contributed by atoms with Crippen LogP contribution < -0.4 is 0 Å². The molecule has 1 heterocycles. The molecule has 0 saturated heterocycles. The van der Waals surface area contributed by atoms with E-state index in [1.165, 1.54) is 12.3 Å². The van der Waals surface area contributed by atoms with E-state index in [2.05, 4.69) is 10.1 Å². The van der Waals surface area contributed by atoms with E-state index in [-0.39, 0.29) is 24.5 Å². The van der Waals surface area contributed by atoms with Crippen molar-refractivity contribution < 1.29 is 23.8 Å². The van der Waals surface area contributed by atoms with E-state index in [1.807, 2.05) is 0 Å². The van der Waals surface area contributed by atoms with Gasteiger partial charge in [0.1, 0.15) is 12.3 Å². The summed E-state index contributed by atoms with van der Waals surface area (Å²) in [4.78, 5) is 9.27. The highest BCUT2D eigenvalue weighted by Gasteiger charge is 2.16. The van der Waals surface area contributed by atoms with Gasteiger partial charge >= 0.3 is 0 Å². The minimum Gasteiger partial charge on any atom is -0.392 e. The molecule has 128 valence electrons. The fraction of sp³-hybridized carbons (Fsp3) is 0.294. The van der Waals surface area contributed by atoms with Crippen LogP contribution in [-0.4, -0.2) is 33.1 Å². The summed E-state index contributed by atoms with van der Waals surface area (Å²) in [5, 5.41) is 22.7. The van der Waals surface area contributed by atoms with E-state index in [1.54, 1.807) is 26.0 Å². The number of benzene rings is 1. The second kappa shape index (κ2) is 7.46. The maximum atomic E-state index is 13.5. The van der Waals surface area contributed by atoms with Crippen molar-refractivity contribution in [1.82, 2.24) is 4.98 Å². The van der Waals surface area contributed by atoms with Crippen molar-refractivity contribution in [3.05, 3.63) is 65.0 Å². The number of aliphatic hydroxyl groups is 2. The van der Waals surface area contributed by atoms with Crippen LogP contribution >= 0.6 is 0 Å². The third-order valence-electron chi connectivity index (χ3n) is 3.02. The molecule has 2 aromatic rings. The topological polar surface area (TPSA) is 74.9 Å². The quantitative estimate of drug-likeness (QED) is 0.627. The fourth-order valence-corrected chi connectivity index (χ4v) is 1.80. The van der Waals surface area contributed by atoms with Crippen molar-refractivity contribution in [1.29, 1.82) is 0 Å². The van der Waals surface area contributed by atoms with E-state index >= 15 is 0 Å². The van der Waals surface area contributed by atoms with Crippen molar-refractivity contribution >= 4 is 5.71 Å². The highest BCUT2D eigenvalue weighted by molar-refractivity contribution is 6.11. The average Bonchev–Trinajstić information content (AvgIpc) is 2.54. The molecule has 1 aromatic heterocycles. The molecule has 0 bridgehead atoms. The summed E-state index contributed by atoms with van der Waals surface area (Å²) >= 11 is 0. The second-order valence-electron chi connectivity index (χ2n) is 5.86. The zero-order chi connectivity index (χ0) is 17.7. The molecule has 0 amide bonds. The number of halogens is 2. The lowest BCUT2D eigenvalue weighted by atomic mass is 10.1. The second-order valence-corrected chi connectivity index (χ2v) is 5.86. The van der Waals surface area contributed by atoms with Crippen LogP contribution in [0.5, 0.6) is 0 Å². The number of aromatic nitrogens is 1. The number of oxime groups is 1. The van der Waals surface area contributed by atoms with Crippen molar-refractivity contribution in [3.63, 3.8) is 0 Å². The van der Waals surface area contributed by atoms with Crippen molar-refractivity contribution in [2.24, 2.45) is 5.16 Å². The predicted molar refractivity (Wildman–Crippen MR) is 84.4 cm³/mol. The van der Waals surface area contributed by atoms with Crippen molar-refractivity contribution in [2.75, 3.05) is 6.61 Å². The Morgan fingerprint density at radius 2 is 1.96 bits per heavy atom. The lowest BCUT2D eigenvalue weighted by Gasteiger charge is -2.15. The number of pyridine rings is 1. The maximum Gasteiger partial charge on any atom is 0.159 e. The number of aliphatic hydroxyl groups excluding tert-OH is 1. The van der Waals surface area contributed by atoms with E-state index in [0.29, 0.717) is 11.3 Å². The molecule has 2 N–H and O–H groups in total. The first-order chi connectivity index (χ1) is 11.3. The standard InChI is InChI=1S/C17H18F2N2O3/c1-17(2,23)10-24-21-16(12-4-5-13(18)14(19)7-12)15-6-3-11(9-22)8-20-15/h3-8,22-23H,9-10H2,1-2H3. The molecule has 0 spiro atoms. The summed E-state index contributed by atoms with van der Waals surface area (Å²) in [7, 11) is 0. The Hall–Kier alpha value is -2.38. The summed E-state index contributed by atoms with van der Waals surface area (Å²) in [5.41, 5.74) is 0.308. The lowest BCUT2D eigenvalue weighted by molar-refractivity contribution is -0.0189. The highest BCUT2D eigenvalue weighted by Crippen LogP contribution is 2.15. The van der Waals surface area contributed by atoms with E-state index in [9.17, 15) is 13.9 Å². The van der Waals surface area contributed by atoms with Crippen LogP contribution in [0, 0.1) is 11.6 Å². The first-order valence-electron chi connectivity index (χ1n) is 7.24. The van der Waals surface area contributed by atoms with Gasteiger partial charge in [0.2, 0.25) is 0 Å². The average molecular weight is 336 g/mol. The SMILES string of the molecule is CC(C)(O)CON=C(c1ccc(F)c(F)c1)c1ccc(CO)cn1. The minimum atomic E-state index is -1.10. The Kier molecular flexibility index (Phi) is 5.58. The molecule has 24 heavy (non-hydrogen) atoms. The van der Waals surface area contributed by atoms with E-state index in [4.69, 9.17) is 9.94 Å². The molecule has 7 heteroatoms. The Morgan fingerprint density at radius 1 is 1.21 bits per heavy atom. The van der Waals surface area contributed by atoms with Gasteiger partial charge in [-0.1, -0.05) is 11.2 Å². The predicted octanol–water partition coefficient (Wildman–Crippen LogP) is 2.39. The summed E-state index contributed by atoms with van der Waals surface area (Å²) in [6, 6.07) is 6.54. The molecular weight excluding hydrogens is 318 g/mol. The van der Waals surface area contributed by atoms with Gasteiger partial charge in [0.15, 0.2) is 11.6 Å². The number of hydrogen-bond donors (Lipinski definition) is 2. The third-order valence-corrected chi connectivity index (χ3v) is 3.02. The Balaban J connectivity index is 2.39. The molecule has 0 saturated carbocycles. The maximum absolute atomic E-state index is 13.5. The first-order valence-corrected chi connectivity index (χ1v) is 7.24. The van der Waals surface area contributed by atoms with Crippen molar-refractivity contribution in [3.8, 4) is 0 Å². The van der Waals surface area contributed by atoms with Crippen LogP contribution in [0.1, 0.15) is 30.7 Å². The monoisotopic (exact) mass is 336 g/mol. The molecule has 5 nitrogen and oxygen atoms in total. The summed E-state index contributed by atoms with van der Waals surface area (Å²) in [5.74, 6) is -1.99. The highest BCUT2D eigenvalue weighted by atomic mass is 19.2. The van der Waals surface area contributed by atoms with Gasteiger partial charge in [0.25, 0.3) is 0 Å². The minimum absolute atomic E-state index is 0.0884. The van der Waals surface area contributed by atoms with Crippen LogP contribution in [0.15, 0.2) is 41.7 Å². The Labute approximate surface area is 138 Å². The van der Waals surface area contributed by atoms with Gasteiger partial charge < -0.3 is 15.1 Å². The van der Waals surface area contributed by atoms with Crippen LogP contribution in [0.4, 0.5) is 8.78 Å². The fourth-order valence-electron chi connectivity index (χ4n) is 1.80. The molecular formula is C17H18F2N2O3. The Bertz CT molecular complexity index is 726. The smallest absolute Gasteiger partial charge is 0.159 e. The normalized spacial score (nSPS) is 12.3. The molecule has 0 aliphatic rings. The van der Waals surface area contributed by atoms with Gasteiger partial charge in [-0.05, 0) is 43.7 Å². The molecule has 0 fully saturated rings. The van der Waals surface area contributed by atoms with Gasteiger partial charge in [0, 0.05) is 11.8 Å². The van der Waals surface area contributed by atoms with Gasteiger partial charge in [-0.25, -0.2) is 8.78 Å². The number of hydrogen-bond acceptors (Lipinski definition) is 5. The van der Waals surface area contributed by atoms with Gasteiger partial charge in [-0.15, -0.1) is 0 Å². The molecule has 0 unspecified atom stereocenters. The van der Waals surface area contributed by atoms with Gasteiger partial charge in [-0.3, -0.25) is 4.98 Å². The molecule has 0 atom stereocenters. The molecule has 1 aromatic carbocycles. The molecule has 0 radical (unpaired) electrons. The zero-order valence-electron chi connectivity index (χ0n) is 13.3. The van der Waals surface area contributed by atoms with Crippen LogP contribution in [0.25, 0.3) is 0 Å². The third kappa shape index (κ3) is 4.81. The van der Waals surface area contributed by atoms with E-state index in [0.717, 1.165) is 12.1 Å². The van der Waals surface area contributed by atoms with Crippen molar-refractivity contribution in [2.45, 2.75) is 26.1 Å². The first kappa shape index (κ1) is 18.0. The van der Waals surface area contributed by atoms with Gasteiger partial charge in [-0.2, -0.15) is 0 Å². The van der Waals surface area contributed by atoms with E-state index < -0.39 is 17.2 Å². The molecule has 2 rings (SSSR count). The number of rotatable bonds is 6. The largest absolute Gasteiger partial charge is 0.392 e. The zero-order valence-corrected chi connectivity index (χ0v) is 13.3. The van der Waals surface area contributed by atoms with Crippen LogP contribution in [-0.2, 0) is 11.4 Å². The van der Waals surface area contributed by atoms with Crippen LogP contribution in [0.2, 0.25) is 0 Å². The molecule has 0 aliphatic heterocycles. The van der Waals surface area contributed by atoms with Gasteiger partial charge in [0.05, 0.1) is 17.9 Å². The Morgan fingerprint density at radius 3 is 2.50 bits per heavy atom. The summed E-state index contributed by atoms with van der Waals surface area (Å²) in [6.45, 7) is 2.84. The molecule has 0 aliphatic carbocycles. The summed E-state index contributed by atoms with van der Waals surface area (Å²) < 4.78 is 26.7. The number of nitrogens with zero attached hydrogens (tertiary/aromatic N) is 2. The van der Waals surface area contributed by atoms with Crippen LogP contribution in [0.3, 0.4) is 0 Å². The lowest BCUT2D eigenvalue weighted by Crippen LogP contribution is -2.25. The summed E-state index contributed by atoms with van der Waals surface area (Å²) in [6.07, 6.45) is 1.45.